The highest BCUT2D eigenvalue weighted by atomic mass is 16.5. The highest BCUT2D eigenvalue weighted by molar-refractivity contribution is 5.74. The minimum absolute atomic E-state index is 0.184. The second kappa shape index (κ2) is 8.78. The second-order valence-electron chi connectivity index (χ2n) is 9.03. The van der Waals surface area contributed by atoms with E-state index in [1.165, 1.54) is 0 Å². The van der Waals surface area contributed by atoms with Gasteiger partial charge in [-0.05, 0) is 56.1 Å². The molecular formula is C25H33N3O2. The van der Waals surface area contributed by atoms with Crippen LogP contribution in [-0.2, 0) is 12.8 Å². The average Bonchev–Trinajstić information content (AvgIpc) is 3.14. The molecule has 30 heavy (non-hydrogen) atoms. The van der Waals surface area contributed by atoms with E-state index in [9.17, 15) is 5.11 Å². The van der Waals surface area contributed by atoms with Crippen molar-refractivity contribution in [3.05, 3.63) is 59.9 Å². The topological polar surface area (TPSA) is 61.4 Å². The largest absolute Gasteiger partial charge is 0.487 e. The van der Waals surface area contributed by atoms with Gasteiger partial charge in [0.25, 0.3) is 0 Å². The van der Waals surface area contributed by atoms with Crippen LogP contribution in [0.3, 0.4) is 0 Å². The SMILES string of the molecule is CC(C)C1Oc2ccccc2CC1(O)CCN(C)CCCc1nc2ccccc2[nH]1. The lowest BCUT2D eigenvalue weighted by Crippen LogP contribution is -2.54. The first-order chi connectivity index (χ1) is 14.4. The van der Waals surface area contributed by atoms with Crippen LogP contribution < -0.4 is 4.74 Å². The van der Waals surface area contributed by atoms with Crippen LogP contribution in [0.25, 0.3) is 11.0 Å². The number of para-hydroxylation sites is 3. The Kier molecular flexibility index (Phi) is 6.11. The number of aryl methyl sites for hydroxylation is 1. The molecule has 2 unspecified atom stereocenters. The van der Waals surface area contributed by atoms with Crippen LogP contribution in [0.5, 0.6) is 5.75 Å². The fourth-order valence-electron chi connectivity index (χ4n) is 4.57. The Morgan fingerprint density at radius 2 is 1.93 bits per heavy atom. The molecule has 0 spiro atoms. The summed E-state index contributed by atoms with van der Waals surface area (Å²) >= 11 is 0. The molecule has 4 rings (SSSR count). The van der Waals surface area contributed by atoms with E-state index in [-0.39, 0.29) is 12.0 Å². The van der Waals surface area contributed by atoms with E-state index in [1.54, 1.807) is 0 Å². The summed E-state index contributed by atoms with van der Waals surface area (Å²) in [6, 6.07) is 16.2. The number of nitrogens with one attached hydrogen (secondary N) is 1. The standard InChI is InChI=1S/C25H33N3O2/c1-18(2)24-25(29,17-19-9-4-7-12-22(19)30-24)14-16-28(3)15-8-13-23-26-20-10-5-6-11-21(20)27-23/h4-7,9-12,18,24,29H,8,13-17H2,1-3H3,(H,26,27). The molecule has 1 aliphatic heterocycles. The number of imidazole rings is 1. The van der Waals surface area contributed by atoms with Crippen molar-refractivity contribution in [3.8, 4) is 5.75 Å². The van der Waals surface area contributed by atoms with Crippen LogP contribution in [0.4, 0.5) is 0 Å². The number of aliphatic hydroxyl groups is 1. The monoisotopic (exact) mass is 407 g/mol. The van der Waals surface area contributed by atoms with Crippen LogP contribution in [-0.4, -0.2) is 51.8 Å². The smallest absolute Gasteiger partial charge is 0.130 e. The number of fused-ring (bicyclic) bond motifs is 2. The number of ether oxygens (including phenoxy) is 1. The second-order valence-corrected chi connectivity index (χ2v) is 9.03. The zero-order valence-electron chi connectivity index (χ0n) is 18.3. The lowest BCUT2D eigenvalue weighted by Gasteiger charge is -2.43. The molecule has 0 saturated carbocycles. The summed E-state index contributed by atoms with van der Waals surface area (Å²) in [5, 5.41) is 11.5. The molecule has 160 valence electrons. The van der Waals surface area contributed by atoms with Crippen molar-refractivity contribution in [2.24, 2.45) is 5.92 Å². The maximum atomic E-state index is 11.5. The van der Waals surface area contributed by atoms with E-state index in [4.69, 9.17) is 4.74 Å². The van der Waals surface area contributed by atoms with Gasteiger partial charge in [0, 0.05) is 19.4 Å². The number of benzene rings is 2. The summed E-state index contributed by atoms with van der Waals surface area (Å²) in [6.45, 7) is 6.06. The Morgan fingerprint density at radius 1 is 1.17 bits per heavy atom. The third-order valence-electron chi connectivity index (χ3n) is 6.18. The Hall–Kier alpha value is -2.37. The summed E-state index contributed by atoms with van der Waals surface area (Å²) in [4.78, 5) is 10.4. The predicted molar refractivity (Wildman–Crippen MR) is 121 cm³/mol. The molecular weight excluding hydrogens is 374 g/mol. The first-order valence-corrected chi connectivity index (χ1v) is 11.0. The maximum absolute atomic E-state index is 11.5. The lowest BCUT2D eigenvalue weighted by atomic mass is 9.79. The van der Waals surface area contributed by atoms with Gasteiger partial charge in [0.1, 0.15) is 23.3 Å². The number of aromatic amines is 1. The molecule has 2 atom stereocenters. The molecule has 0 bridgehead atoms. The van der Waals surface area contributed by atoms with Crippen LogP contribution in [0.15, 0.2) is 48.5 Å². The molecule has 2 heterocycles. The van der Waals surface area contributed by atoms with Crippen LogP contribution >= 0.6 is 0 Å². The van der Waals surface area contributed by atoms with Gasteiger partial charge in [-0.2, -0.15) is 0 Å². The fourth-order valence-corrected chi connectivity index (χ4v) is 4.57. The van der Waals surface area contributed by atoms with Gasteiger partial charge in [0.05, 0.1) is 11.0 Å². The van der Waals surface area contributed by atoms with Crippen molar-refractivity contribution in [3.63, 3.8) is 0 Å². The molecule has 0 aliphatic carbocycles. The summed E-state index contributed by atoms with van der Waals surface area (Å²) in [7, 11) is 2.13. The summed E-state index contributed by atoms with van der Waals surface area (Å²) < 4.78 is 6.23. The van der Waals surface area contributed by atoms with E-state index >= 15 is 0 Å². The maximum Gasteiger partial charge on any atom is 0.130 e. The number of nitrogens with zero attached hydrogens (tertiary/aromatic N) is 2. The summed E-state index contributed by atoms with van der Waals surface area (Å²) in [5.74, 6) is 2.21. The zero-order valence-corrected chi connectivity index (χ0v) is 18.3. The third kappa shape index (κ3) is 4.52. The van der Waals surface area contributed by atoms with E-state index < -0.39 is 5.60 Å². The number of rotatable bonds is 8. The van der Waals surface area contributed by atoms with E-state index in [2.05, 4.69) is 47.9 Å². The number of hydrogen-bond donors (Lipinski definition) is 2. The predicted octanol–water partition coefficient (Wildman–Crippen LogP) is 4.21. The minimum Gasteiger partial charge on any atom is -0.487 e. The minimum atomic E-state index is -0.838. The Balaban J connectivity index is 1.31. The van der Waals surface area contributed by atoms with Crippen molar-refractivity contribution in [2.45, 2.75) is 51.2 Å². The van der Waals surface area contributed by atoms with E-state index in [1.807, 2.05) is 36.4 Å². The number of H-pyrrole nitrogens is 1. The molecule has 0 radical (unpaired) electrons. The van der Waals surface area contributed by atoms with Crippen LogP contribution in [0.2, 0.25) is 0 Å². The van der Waals surface area contributed by atoms with Gasteiger partial charge in [0.15, 0.2) is 0 Å². The lowest BCUT2D eigenvalue weighted by molar-refractivity contribution is -0.100. The quantitative estimate of drug-likeness (QED) is 0.587. The first kappa shape index (κ1) is 20.9. The zero-order chi connectivity index (χ0) is 21.1. The Labute approximate surface area is 179 Å². The number of hydrogen-bond acceptors (Lipinski definition) is 4. The van der Waals surface area contributed by atoms with Crippen molar-refractivity contribution in [1.29, 1.82) is 0 Å². The Morgan fingerprint density at radius 3 is 2.73 bits per heavy atom. The van der Waals surface area contributed by atoms with Crippen molar-refractivity contribution < 1.29 is 9.84 Å². The van der Waals surface area contributed by atoms with Gasteiger partial charge < -0.3 is 19.7 Å². The molecule has 0 saturated heterocycles. The van der Waals surface area contributed by atoms with E-state index in [0.717, 1.165) is 54.1 Å². The van der Waals surface area contributed by atoms with Crippen molar-refractivity contribution in [2.75, 3.05) is 20.1 Å². The van der Waals surface area contributed by atoms with Gasteiger partial charge in [-0.25, -0.2) is 4.98 Å². The third-order valence-corrected chi connectivity index (χ3v) is 6.18. The van der Waals surface area contributed by atoms with Crippen molar-refractivity contribution in [1.82, 2.24) is 14.9 Å². The van der Waals surface area contributed by atoms with Gasteiger partial charge >= 0.3 is 0 Å². The molecule has 2 aromatic carbocycles. The number of aromatic nitrogens is 2. The molecule has 1 aliphatic rings. The molecule has 2 N–H and O–H groups in total. The fraction of sp³-hybridized carbons (Fsp3) is 0.480. The van der Waals surface area contributed by atoms with Crippen LogP contribution in [0.1, 0.15) is 38.1 Å². The van der Waals surface area contributed by atoms with E-state index in [0.29, 0.717) is 12.8 Å². The van der Waals surface area contributed by atoms with Gasteiger partial charge in [-0.15, -0.1) is 0 Å². The first-order valence-electron chi connectivity index (χ1n) is 11.0. The van der Waals surface area contributed by atoms with Gasteiger partial charge in [-0.3, -0.25) is 0 Å². The van der Waals surface area contributed by atoms with Gasteiger partial charge in [0.2, 0.25) is 0 Å². The van der Waals surface area contributed by atoms with Gasteiger partial charge in [-0.1, -0.05) is 44.2 Å². The molecule has 0 fully saturated rings. The normalized spacial score (nSPS) is 21.2. The highest BCUT2D eigenvalue weighted by Gasteiger charge is 2.44. The molecule has 5 heteroatoms. The average molecular weight is 408 g/mol. The molecule has 1 aromatic heterocycles. The molecule has 3 aromatic rings. The molecule has 0 amide bonds. The Bertz CT molecular complexity index is 950. The van der Waals surface area contributed by atoms with Crippen LogP contribution in [0, 0.1) is 5.92 Å². The molecule has 5 nitrogen and oxygen atoms in total. The summed E-state index contributed by atoms with van der Waals surface area (Å²) in [6.07, 6.45) is 3.12. The highest BCUT2D eigenvalue weighted by Crippen LogP contribution is 2.38. The van der Waals surface area contributed by atoms with Crippen molar-refractivity contribution >= 4 is 11.0 Å². The summed E-state index contributed by atoms with van der Waals surface area (Å²) in [5.41, 5.74) is 2.39.